The molecule has 2 aromatic heterocycles. The highest BCUT2D eigenvalue weighted by molar-refractivity contribution is 7.22. The molecule has 1 saturated heterocycles. The van der Waals surface area contributed by atoms with Crippen LogP contribution in [0.5, 0.6) is 0 Å². The van der Waals surface area contributed by atoms with Crippen molar-refractivity contribution < 1.29 is 9.59 Å². The Morgan fingerprint density at radius 1 is 1.26 bits per heavy atom. The summed E-state index contributed by atoms with van der Waals surface area (Å²) in [7, 11) is 0. The molecule has 180 valence electrons. The summed E-state index contributed by atoms with van der Waals surface area (Å²) in [5.74, 6) is -0.319. The largest absolute Gasteiger partial charge is 0.356 e. The number of piperidine rings is 1. The zero-order valence-corrected chi connectivity index (χ0v) is 20.6. The van der Waals surface area contributed by atoms with Crippen LogP contribution in [0.2, 0.25) is 0 Å². The molecule has 1 atom stereocenters. The second-order valence-corrected chi connectivity index (χ2v) is 9.49. The zero-order chi connectivity index (χ0) is 24.2. The first-order chi connectivity index (χ1) is 16.4. The standard InChI is InChI=1S/C24H30N6O3S/c1-4-16-9-6-8-15(3)19(16)27-18(31)13-30-14-26-21-20(23(30)33)34-24(28-21)29-11-7-10-17(12-29)22(32)25-5-2/h6,8-9,14,17H,4-5,7,10-13H2,1-3H3,(H,25,32)(H,27,31). The lowest BCUT2D eigenvalue weighted by Crippen LogP contribution is -2.43. The van der Waals surface area contributed by atoms with Crippen molar-refractivity contribution in [3.05, 3.63) is 46.0 Å². The van der Waals surface area contributed by atoms with Crippen molar-refractivity contribution in [1.29, 1.82) is 0 Å². The minimum Gasteiger partial charge on any atom is -0.356 e. The molecule has 0 saturated carbocycles. The minimum absolute atomic E-state index is 0.0553. The topological polar surface area (TPSA) is 109 Å². The molecule has 3 aromatic rings. The first kappa shape index (κ1) is 23.9. The van der Waals surface area contributed by atoms with E-state index in [0.717, 1.165) is 42.6 Å². The average Bonchev–Trinajstić information content (AvgIpc) is 3.28. The molecule has 1 aliphatic heterocycles. The number of carbonyl (C=O) groups is 2. The third-order valence-electron chi connectivity index (χ3n) is 6.10. The second-order valence-electron chi connectivity index (χ2n) is 8.52. The predicted octanol–water partition coefficient (Wildman–Crippen LogP) is 2.72. The van der Waals surface area contributed by atoms with Crippen LogP contribution >= 0.6 is 11.3 Å². The Balaban J connectivity index is 1.52. The molecule has 34 heavy (non-hydrogen) atoms. The molecule has 4 rings (SSSR count). The predicted molar refractivity (Wildman–Crippen MR) is 134 cm³/mol. The lowest BCUT2D eigenvalue weighted by Gasteiger charge is -2.31. The van der Waals surface area contributed by atoms with Gasteiger partial charge in [-0.05, 0) is 44.2 Å². The number of rotatable bonds is 7. The molecule has 3 heterocycles. The molecule has 0 spiro atoms. The smallest absolute Gasteiger partial charge is 0.273 e. The van der Waals surface area contributed by atoms with Gasteiger partial charge in [-0.3, -0.25) is 19.0 Å². The maximum absolute atomic E-state index is 13.1. The van der Waals surface area contributed by atoms with E-state index in [1.807, 2.05) is 39.0 Å². The number of thiazole rings is 1. The van der Waals surface area contributed by atoms with Crippen molar-refractivity contribution in [3.8, 4) is 0 Å². The lowest BCUT2D eigenvalue weighted by molar-refractivity contribution is -0.125. The summed E-state index contributed by atoms with van der Waals surface area (Å²) in [6.45, 7) is 7.72. The highest BCUT2D eigenvalue weighted by atomic mass is 32.1. The van der Waals surface area contributed by atoms with Gasteiger partial charge in [0.25, 0.3) is 5.56 Å². The summed E-state index contributed by atoms with van der Waals surface area (Å²) in [6, 6.07) is 5.90. The highest BCUT2D eigenvalue weighted by Crippen LogP contribution is 2.29. The van der Waals surface area contributed by atoms with E-state index in [2.05, 4.69) is 25.5 Å². The molecule has 9 nitrogen and oxygen atoms in total. The summed E-state index contributed by atoms with van der Waals surface area (Å²) in [6.07, 6.45) is 3.90. The van der Waals surface area contributed by atoms with Crippen LogP contribution in [0.15, 0.2) is 29.3 Å². The number of hydrogen-bond acceptors (Lipinski definition) is 7. The van der Waals surface area contributed by atoms with Gasteiger partial charge < -0.3 is 15.5 Å². The fourth-order valence-electron chi connectivity index (χ4n) is 4.30. The number of fused-ring (bicyclic) bond motifs is 1. The molecule has 1 aliphatic rings. The van der Waals surface area contributed by atoms with E-state index in [1.165, 1.54) is 22.2 Å². The van der Waals surface area contributed by atoms with Crippen molar-refractivity contribution in [3.63, 3.8) is 0 Å². The number of nitrogens with zero attached hydrogens (tertiary/aromatic N) is 4. The van der Waals surface area contributed by atoms with Gasteiger partial charge in [-0.2, -0.15) is 4.98 Å². The number of aromatic nitrogens is 3. The van der Waals surface area contributed by atoms with Crippen LogP contribution in [0.3, 0.4) is 0 Å². The van der Waals surface area contributed by atoms with Crippen LogP contribution in [-0.4, -0.2) is 46.0 Å². The number of hydrogen-bond donors (Lipinski definition) is 2. The third kappa shape index (κ3) is 4.96. The van der Waals surface area contributed by atoms with E-state index in [1.54, 1.807) is 0 Å². The van der Waals surface area contributed by atoms with Crippen LogP contribution in [0.1, 0.15) is 37.8 Å². The van der Waals surface area contributed by atoms with E-state index < -0.39 is 0 Å². The van der Waals surface area contributed by atoms with Crippen LogP contribution in [0.25, 0.3) is 10.3 Å². The quantitative estimate of drug-likeness (QED) is 0.536. The van der Waals surface area contributed by atoms with E-state index in [0.29, 0.717) is 28.6 Å². The fourth-order valence-corrected chi connectivity index (χ4v) is 5.31. The Morgan fingerprint density at radius 2 is 2.09 bits per heavy atom. The van der Waals surface area contributed by atoms with E-state index in [4.69, 9.17) is 0 Å². The molecule has 0 aliphatic carbocycles. The molecule has 10 heteroatoms. The SMILES string of the molecule is CCNC(=O)C1CCCN(c2nc3ncn(CC(=O)Nc4c(C)cccc4CC)c(=O)c3s2)C1. The van der Waals surface area contributed by atoms with Crippen molar-refractivity contribution in [2.45, 2.75) is 46.6 Å². The summed E-state index contributed by atoms with van der Waals surface area (Å²) < 4.78 is 1.73. The number of amides is 2. The van der Waals surface area contributed by atoms with Gasteiger partial charge in [0.1, 0.15) is 17.6 Å². The van der Waals surface area contributed by atoms with Crippen LogP contribution in [-0.2, 0) is 22.6 Å². The number of carbonyl (C=O) groups excluding carboxylic acids is 2. The number of para-hydroxylation sites is 1. The average molecular weight is 483 g/mol. The summed E-state index contributed by atoms with van der Waals surface area (Å²) in [5, 5.41) is 6.53. The first-order valence-electron chi connectivity index (χ1n) is 11.7. The number of benzene rings is 1. The number of nitrogens with one attached hydrogen (secondary N) is 2. The summed E-state index contributed by atoms with van der Waals surface area (Å²) in [4.78, 5) is 49.0. The van der Waals surface area contributed by atoms with Gasteiger partial charge in [0.05, 0.1) is 5.92 Å². The highest BCUT2D eigenvalue weighted by Gasteiger charge is 2.27. The maximum Gasteiger partial charge on any atom is 0.273 e. The molecule has 1 aromatic carbocycles. The number of aryl methyl sites for hydroxylation is 2. The van der Waals surface area contributed by atoms with Crippen molar-refractivity contribution in [2.24, 2.45) is 5.92 Å². The van der Waals surface area contributed by atoms with Gasteiger partial charge in [-0.25, -0.2) is 4.98 Å². The van der Waals surface area contributed by atoms with Crippen molar-refractivity contribution >= 4 is 44.3 Å². The van der Waals surface area contributed by atoms with Gasteiger partial charge in [0, 0.05) is 25.3 Å². The van der Waals surface area contributed by atoms with E-state index in [9.17, 15) is 14.4 Å². The van der Waals surface area contributed by atoms with Crippen molar-refractivity contribution in [2.75, 3.05) is 29.9 Å². The molecule has 0 radical (unpaired) electrons. The molecular weight excluding hydrogens is 452 g/mol. The summed E-state index contributed by atoms with van der Waals surface area (Å²) >= 11 is 1.27. The van der Waals surface area contributed by atoms with Crippen LogP contribution < -0.4 is 21.1 Å². The third-order valence-corrected chi connectivity index (χ3v) is 7.20. The molecule has 0 bridgehead atoms. The first-order valence-corrected chi connectivity index (χ1v) is 12.5. The Labute approximate surface area is 202 Å². The molecular formula is C24H30N6O3S. The Kier molecular flexibility index (Phi) is 7.26. The van der Waals surface area contributed by atoms with Gasteiger partial charge in [-0.1, -0.05) is 36.5 Å². The Bertz CT molecular complexity index is 1270. The Hall–Kier alpha value is -3.27. The normalized spacial score (nSPS) is 16.0. The lowest BCUT2D eigenvalue weighted by atomic mass is 9.97. The van der Waals surface area contributed by atoms with E-state index >= 15 is 0 Å². The monoisotopic (exact) mass is 482 g/mol. The van der Waals surface area contributed by atoms with Crippen molar-refractivity contribution in [1.82, 2.24) is 19.9 Å². The molecule has 2 amide bonds. The molecule has 1 fully saturated rings. The van der Waals surface area contributed by atoms with Gasteiger partial charge in [-0.15, -0.1) is 0 Å². The zero-order valence-electron chi connectivity index (χ0n) is 19.8. The van der Waals surface area contributed by atoms with Gasteiger partial charge >= 0.3 is 0 Å². The molecule has 1 unspecified atom stereocenters. The van der Waals surface area contributed by atoms with E-state index in [-0.39, 0.29) is 29.8 Å². The molecule has 2 N–H and O–H groups in total. The second kappa shape index (κ2) is 10.3. The van der Waals surface area contributed by atoms with Crippen LogP contribution in [0.4, 0.5) is 10.8 Å². The fraction of sp³-hybridized carbons (Fsp3) is 0.458. The maximum atomic E-state index is 13.1. The summed E-state index contributed by atoms with van der Waals surface area (Å²) in [5.41, 5.74) is 2.90. The Morgan fingerprint density at radius 3 is 2.85 bits per heavy atom. The van der Waals surface area contributed by atoms with Gasteiger partial charge in [0.2, 0.25) is 11.8 Å². The van der Waals surface area contributed by atoms with Crippen LogP contribution in [0, 0.1) is 12.8 Å². The van der Waals surface area contributed by atoms with Gasteiger partial charge in [0.15, 0.2) is 10.8 Å². The minimum atomic E-state index is -0.290. The number of anilines is 2.